The predicted molar refractivity (Wildman–Crippen MR) is 92.4 cm³/mol. The van der Waals surface area contributed by atoms with Gasteiger partial charge >= 0.3 is 5.69 Å². The zero-order chi connectivity index (χ0) is 18.1. The summed E-state index contributed by atoms with van der Waals surface area (Å²) >= 11 is 0. The van der Waals surface area contributed by atoms with Gasteiger partial charge in [0.25, 0.3) is 5.56 Å². The van der Waals surface area contributed by atoms with Crippen molar-refractivity contribution in [2.24, 2.45) is 25.7 Å². The normalized spacial score (nSPS) is 16.8. The van der Waals surface area contributed by atoms with E-state index in [0.29, 0.717) is 18.9 Å². The molecule has 1 amide bonds. The van der Waals surface area contributed by atoms with Crippen LogP contribution in [0.2, 0.25) is 0 Å². The van der Waals surface area contributed by atoms with E-state index >= 15 is 0 Å². The third-order valence-electron chi connectivity index (χ3n) is 4.64. The highest BCUT2D eigenvalue weighted by atomic mass is 16.5. The maximum Gasteiger partial charge on any atom is 0.332 e. The smallest absolute Gasteiger partial charge is 0.332 e. The molecule has 3 N–H and O–H groups in total. The van der Waals surface area contributed by atoms with E-state index in [1.807, 2.05) is 0 Å². The van der Waals surface area contributed by atoms with Gasteiger partial charge in [-0.3, -0.25) is 18.7 Å². The number of amides is 1. The Kier molecular flexibility index (Phi) is 4.69. The molecule has 1 fully saturated rings. The standard InChI is InChI=1S/C16H21N5O4/c1-20-13-11(15(23)21(2)16(20)24)7-10(8-18-13)19-14(22)12(17)9-3-5-25-6-4-9/h7-9,12H,3-6,17H2,1-2H3,(H,19,22). The molecule has 9 nitrogen and oxygen atoms in total. The fourth-order valence-electron chi connectivity index (χ4n) is 3.05. The van der Waals surface area contributed by atoms with Crippen LogP contribution in [0.4, 0.5) is 5.69 Å². The number of rotatable bonds is 3. The van der Waals surface area contributed by atoms with E-state index in [1.165, 1.54) is 30.9 Å². The van der Waals surface area contributed by atoms with Crippen molar-refractivity contribution in [3.8, 4) is 0 Å². The molecule has 0 aromatic carbocycles. The average molecular weight is 347 g/mol. The second kappa shape index (κ2) is 6.77. The number of ether oxygens (including phenoxy) is 1. The van der Waals surface area contributed by atoms with Crippen LogP contribution in [0.1, 0.15) is 12.8 Å². The Hall–Kier alpha value is -2.52. The van der Waals surface area contributed by atoms with Gasteiger partial charge in [0.15, 0.2) is 0 Å². The molecule has 0 saturated carbocycles. The van der Waals surface area contributed by atoms with E-state index in [0.717, 1.165) is 17.4 Å². The Morgan fingerprint density at radius 1 is 1.32 bits per heavy atom. The van der Waals surface area contributed by atoms with Gasteiger partial charge in [-0.2, -0.15) is 0 Å². The van der Waals surface area contributed by atoms with E-state index in [1.54, 1.807) is 0 Å². The number of aromatic nitrogens is 3. The topological polar surface area (TPSA) is 121 Å². The first-order chi connectivity index (χ1) is 11.9. The maximum atomic E-state index is 12.4. The molecular formula is C16H21N5O4. The number of hydrogen-bond donors (Lipinski definition) is 2. The van der Waals surface area contributed by atoms with Crippen LogP contribution in [-0.4, -0.2) is 39.3 Å². The van der Waals surface area contributed by atoms with Gasteiger partial charge in [-0.1, -0.05) is 0 Å². The third kappa shape index (κ3) is 3.20. The molecular weight excluding hydrogens is 326 g/mol. The minimum Gasteiger partial charge on any atom is -0.381 e. The van der Waals surface area contributed by atoms with Crippen LogP contribution in [0.25, 0.3) is 11.0 Å². The summed E-state index contributed by atoms with van der Waals surface area (Å²) in [4.78, 5) is 40.7. The molecule has 0 aliphatic carbocycles. The molecule has 0 spiro atoms. The Labute approximate surface area is 143 Å². The van der Waals surface area contributed by atoms with Gasteiger partial charge in [0, 0.05) is 27.3 Å². The van der Waals surface area contributed by atoms with Gasteiger partial charge in [-0.05, 0) is 24.8 Å². The van der Waals surface area contributed by atoms with Crippen molar-refractivity contribution < 1.29 is 9.53 Å². The summed E-state index contributed by atoms with van der Waals surface area (Å²) in [6.07, 6.45) is 2.90. The number of nitrogens with one attached hydrogen (secondary N) is 1. The number of nitrogens with zero attached hydrogens (tertiary/aromatic N) is 3. The lowest BCUT2D eigenvalue weighted by Crippen LogP contribution is -2.44. The fraction of sp³-hybridized carbons (Fsp3) is 0.500. The van der Waals surface area contributed by atoms with Crippen molar-refractivity contribution in [1.29, 1.82) is 0 Å². The lowest BCUT2D eigenvalue weighted by atomic mass is 9.92. The number of pyridine rings is 1. The van der Waals surface area contributed by atoms with Crippen LogP contribution in [0, 0.1) is 5.92 Å². The number of carbonyl (C=O) groups is 1. The maximum absolute atomic E-state index is 12.4. The molecule has 1 saturated heterocycles. The number of carbonyl (C=O) groups excluding carboxylic acids is 1. The summed E-state index contributed by atoms with van der Waals surface area (Å²) < 4.78 is 7.57. The first-order valence-electron chi connectivity index (χ1n) is 8.10. The highest BCUT2D eigenvalue weighted by molar-refractivity contribution is 5.96. The molecule has 3 rings (SSSR count). The van der Waals surface area contributed by atoms with Crippen molar-refractivity contribution >= 4 is 22.6 Å². The molecule has 0 bridgehead atoms. The lowest BCUT2D eigenvalue weighted by Gasteiger charge is -2.26. The van der Waals surface area contributed by atoms with Crippen LogP contribution in [-0.2, 0) is 23.6 Å². The Morgan fingerprint density at radius 3 is 2.68 bits per heavy atom. The molecule has 1 atom stereocenters. The van der Waals surface area contributed by atoms with E-state index in [2.05, 4.69) is 10.3 Å². The van der Waals surface area contributed by atoms with Gasteiger partial charge in [0.1, 0.15) is 5.65 Å². The van der Waals surface area contributed by atoms with E-state index in [-0.39, 0.29) is 22.9 Å². The van der Waals surface area contributed by atoms with Gasteiger partial charge in [0.05, 0.1) is 23.3 Å². The van der Waals surface area contributed by atoms with Crippen LogP contribution in [0.3, 0.4) is 0 Å². The summed E-state index contributed by atoms with van der Waals surface area (Å²) in [5, 5.41) is 2.96. The fourth-order valence-corrected chi connectivity index (χ4v) is 3.05. The second-order valence-corrected chi connectivity index (χ2v) is 6.27. The monoisotopic (exact) mass is 347 g/mol. The van der Waals surface area contributed by atoms with Crippen molar-refractivity contribution in [1.82, 2.24) is 14.1 Å². The third-order valence-corrected chi connectivity index (χ3v) is 4.64. The molecule has 2 aromatic heterocycles. The van der Waals surface area contributed by atoms with Crippen molar-refractivity contribution in [3.63, 3.8) is 0 Å². The SMILES string of the molecule is Cn1c(=O)c2cc(NC(=O)C(N)C3CCOCC3)cnc2n(C)c1=O. The second-order valence-electron chi connectivity index (χ2n) is 6.27. The summed E-state index contributed by atoms with van der Waals surface area (Å²) in [6.45, 7) is 1.21. The number of anilines is 1. The molecule has 0 radical (unpaired) electrons. The number of aryl methyl sites for hydroxylation is 1. The molecule has 1 aliphatic rings. The molecule has 1 aliphatic heterocycles. The van der Waals surface area contributed by atoms with Crippen LogP contribution >= 0.6 is 0 Å². The average Bonchev–Trinajstić information content (AvgIpc) is 2.64. The highest BCUT2D eigenvalue weighted by Crippen LogP contribution is 2.19. The van der Waals surface area contributed by atoms with Gasteiger partial charge in [0.2, 0.25) is 5.91 Å². The molecule has 134 valence electrons. The minimum atomic E-state index is -0.650. The van der Waals surface area contributed by atoms with Crippen LogP contribution in [0.15, 0.2) is 21.9 Å². The molecule has 3 heterocycles. The first-order valence-corrected chi connectivity index (χ1v) is 8.10. The minimum absolute atomic E-state index is 0.0656. The van der Waals surface area contributed by atoms with Gasteiger partial charge in [-0.25, -0.2) is 9.78 Å². The predicted octanol–water partition coefficient (Wildman–Crippen LogP) is -0.675. The number of nitrogens with two attached hydrogens (primary N) is 1. The number of hydrogen-bond acceptors (Lipinski definition) is 6. The molecule has 9 heteroatoms. The van der Waals surface area contributed by atoms with Crippen molar-refractivity contribution in [3.05, 3.63) is 33.1 Å². The highest BCUT2D eigenvalue weighted by Gasteiger charge is 2.26. The molecule has 2 aromatic rings. The van der Waals surface area contributed by atoms with E-state index in [4.69, 9.17) is 10.5 Å². The summed E-state index contributed by atoms with van der Waals surface area (Å²) in [5.41, 5.74) is 5.77. The first kappa shape index (κ1) is 17.3. The molecule has 25 heavy (non-hydrogen) atoms. The zero-order valence-corrected chi connectivity index (χ0v) is 14.2. The summed E-state index contributed by atoms with van der Waals surface area (Å²) in [6, 6.07) is 0.862. The lowest BCUT2D eigenvalue weighted by molar-refractivity contribution is -0.119. The summed E-state index contributed by atoms with van der Waals surface area (Å²) in [7, 11) is 2.94. The Balaban J connectivity index is 1.88. The quantitative estimate of drug-likeness (QED) is 0.759. The van der Waals surface area contributed by atoms with E-state index < -0.39 is 17.3 Å². The number of fused-ring (bicyclic) bond motifs is 1. The van der Waals surface area contributed by atoms with Crippen molar-refractivity contribution in [2.75, 3.05) is 18.5 Å². The summed E-state index contributed by atoms with van der Waals surface area (Å²) in [5.74, 6) is -0.259. The zero-order valence-electron chi connectivity index (χ0n) is 14.2. The van der Waals surface area contributed by atoms with Crippen LogP contribution < -0.4 is 22.3 Å². The van der Waals surface area contributed by atoms with E-state index in [9.17, 15) is 14.4 Å². The Morgan fingerprint density at radius 2 is 2.00 bits per heavy atom. The Bertz CT molecular complexity index is 926. The van der Waals surface area contributed by atoms with Crippen LogP contribution in [0.5, 0.6) is 0 Å². The van der Waals surface area contributed by atoms with Crippen molar-refractivity contribution in [2.45, 2.75) is 18.9 Å². The van der Waals surface area contributed by atoms with Gasteiger partial charge < -0.3 is 15.8 Å². The largest absolute Gasteiger partial charge is 0.381 e. The van der Waals surface area contributed by atoms with Gasteiger partial charge in [-0.15, -0.1) is 0 Å². The molecule has 1 unspecified atom stereocenters.